The molecular formula is C11H13NO2. The Morgan fingerprint density at radius 1 is 1.29 bits per heavy atom. The van der Waals surface area contributed by atoms with Gasteiger partial charge in [-0.25, -0.2) is 0 Å². The fraction of sp³-hybridized carbons (Fsp3) is 0.273. The lowest BCUT2D eigenvalue weighted by molar-refractivity contribution is 0.0973. The van der Waals surface area contributed by atoms with Crippen molar-refractivity contribution in [1.29, 1.82) is 0 Å². The second-order valence-electron chi connectivity index (χ2n) is 3.15. The summed E-state index contributed by atoms with van der Waals surface area (Å²) in [5, 5.41) is 0. The Labute approximate surface area is 82.9 Å². The number of aryl methyl sites for hydroxylation is 1. The number of Topliss-reactive ketones (excluding diaryl/α,β-unsaturated/α-hetero) is 1. The SMILES string of the molecule is CCc1ccc(C(N)=O)c(C(C)=O)c1. The van der Waals surface area contributed by atoms with Crippen molar-refractivity contribution < 1.29 is 9.59 Å². The van der Waals surface area contributed by atoms with E-state index in [-0.39, 0.29) is 5.78 Å². The molecular weight excluding hydrogens is 178 g/mol. The fourth-order valence-electron chi connectivity index (χ4n) is 1.32. The molecule has 2 N–H and O–H groups in total. The number of nitrogens with two attached hydrogens (primary N) is 1. The third-order valence-electron chi connectivity index (χ3n) is 2.14. The molecule has 0 saturated carbocycles. The average Bonchev–Trinajstić information content (AvgIpc) is 2.16. The van der Waals surface area contributed by atoms with E-state index in [4.69, 9.17) is 5.73 Å². The minimum absolute atomic E-state index is 0.130. The van der Waals surface area contributed by atoms with Crippen molar-refractivity contribution in [2.45, 2.75) is 20.3 Å². The molecule has 0 spiro atoms. The average molecular weight is 191 g/mol. The third-order valence-corrected chi connectivity index (χ3v) is 2.14. The lowest BCUT2D eigenvalue weighted by Crippen LogP contribution is -2.15. The number of carbonyl (C=O) groups is 2. The highest BCUT2D eigenvalue weighted by atomic mass is 16.1. The summed E-state index contributed by atoms with van der Waals surface area (Å²) in [5.74, 6) is -0.688. The summed E-state index contributed by atoms with van der Waals surface area (Å²) >= 11 is 0. The number of ketones is 1. The Bertz CT molecular complexity index is 383. The first kappa shape index (κ1) is 10.4. The molecule has 0 atom stereocenters. The molecule has 3 heteroatoms. The molecule has 1 aromatic carbocycles. The van der Waals surface area contributed by atoms with Gasteiger partial charge in [0.1, 0.15) is 0 Å². The van der Waals surface area contributed by atoms with Gasteiger partial charge in [-0.1, -0.05) is 13.0 Å². The Morgan fingerprint density at radius 3 is 2.36 bits per heavy atom. The number of hydrogen-bond acceptors (Lipinski definition) is 2. The maximum Gasteiger partial charge on any atom is 0.249 e. The van der Waals surface area contributed by atoms with Gasteiger partial charge in [0.15, 0.2) is 5.78 Å². The van der Waals surface area contributed by atoms with E-state index in [9.17, 15) is 9.59 Å². The van der Waals surface area contributed by atoms with Gasteiger partial charge in [-0.15, -0.1) is 0 Å². The second kappa shape index (κ2) is 4.05. The number of amides is 1. The summed E-state index contributed by atoms with van der Waals surface area (Å²) < 4.78 is 0. The molecule has 0 heterocycles. The molecule has 3 nitrogen and oxygen atoms in total. The standard InChI is InChI=1S/C11H13NO2/c1-3-8-4-5-9(11(12)14)10(6-8)7(2)13/h4-6H,3H2,1-2H3,(H2,12,14). The Kier molecular flexibility index (Phi) is 3.02. The van der Waals surface area contributed by atoms with E-state index in [1.807, 2.05) is 13.0 Å². The molecule has 0 aliphatic rings. The molecule has 0 radical (unpaired) electrons. The van der Waals surface area contributed by atoms with Crippen molar-refractivity contribution in [2.75, 3.05) is 0 Å². The van der Waals surface area contributed by atoms with Gasteiger partial charge in [-0.3, -0.25) is 9.59 Å². The molecule has 1 rings (SSSR count). The highest BCUT2D eigenvalue weighted by Crippen LogP contribution is 2.13. The van der Waals surface area contributed by atoms with Crippen molar-refractivity contribution in [3.8, 4) is 0 Å². The Morgan fingerprint density at radius 2 is 1.93 bits per heavy atom. The zero-order valence-electron chi connectivity index (χ0n) is 8.33. The lowest BCUT2D eigenvalue weighted by Gasteiger charge is -2.05. The first-order valence-corrected chi connectivity index (χ1v) is 4.50. The van der Waals surface area contributed by atoms with E-state index in [1.54, 1.807) is 12.1 Å². The van der Waals surface area contributed by atoms with Gasteiger partial charge >= 0.3 is 0 Å². The maximum absolute atomic E-state index is 11.2. The van der Waals surface area contributed by atoms with Crippen LogP contribution in [0.4, 0.5) is 0 Å². The van der Waals surface area contributed by atoms with Gasteiger partial charge in [0.05, 0.1) is 0 Å². The zero-order chi connectivity index (χ0) is 10.7. The maximum atomic E-state index is 11.2. The molecule has 0 unspecified atom stereocenters. The third kappa shape index (κ3) is 1.99. The van der Waals surface area contributed by atoms with E-state index < -0.39 is 5.91 Å². The summed E-state index contributed by atoms with van der Waals surface area (Å²) in [6, 6.07) is 5.15. The number of primary amides is 1. The van der Waals surface area contributed by atoms with Crippen LogP contribution in [0.5, 0.6) is 0 Å². The van der Waals surface area contributed by atoms with Crippen molar-refractivity contribution in [2.24, 2.45) is 5.73 Å². The minimum Gasteiger partial charge on any atom is -0.366 e. The molecule has 74 valence electrons. The summed E-state index contributed by atoms with van der Waals surface area (Å²) in [6.45, 7) is 3.42. The highest BCUT2D eigenvalue weighted by molar-refractivity contribution is 6.06. The van der Waals surface area contributed by atoms with Crippen LogP contribution >= 0.6 is 0 Å². The molecule has 0 aromatic heterocycles. The number of benzene rings is 1. The fourth-order valence-corrected chi connectivity index (χ4v) is 1.32. The first-order chi connectivity index (χ1) is 6.56. The lowest BCUT2D eigenvalue weighted by atomic mass is 10.00. The largest absolute Gasteiger partial charge is 0.366 e. The second-order valence-corrected chi connectivity index (χ2v) is 3.15. The predicted octanol–water partition coefficient (Wildman–Crippen LogP) is 1.55. The van der Waals surface area contributed by atoms with E-state index >= 15 is 0 Å². The van der Waals surface area contributed by atoms with Crippen molar-refractivity contribution in [3.63, 3.8) is 0 Å². The number of hydrogen-bond donors (Lipinski definition) is 1. The van der Waals surface area contributed by atoms with Crippen LogP contribution in [-0.2, 0) is 6.42 Å². The molecule has 1 amide bonds. The molecule has 0 fully saturated rings. The van der Waals surface area contributed by atoms with Gasteiger partial charge in [0.25, 0.3) is 0 Å². The summed E-state index contributed by atoms with van der Waals surface area (Å²) in [4.78, 5) is 22.2. The smallest absolute Gasteiger partial charge is 0.249 e. The topological polar surface area (TPSA) is 60.2 Å². The van der Waals surface area contributed by atoms with Crippen LogP contribution in [0.15, 0.2) is 18.2 Å². The van der Waals surface area contributed by atoms with Crippen LogP contribution < -0.4 is 5.73 Å². The van der Waals surface area contributed by atoms with Crippen LogP contribution in [0.2, 0.25) is 0 Å². The molecule has 14 heavy (non-hydrogen) atoms. The van der Waals surface area contributed by atoms with Gasteiger partial charge < -0.3 is 5.73 Å². The number of rotatable bonds is 3. The summed E-state index contributed by atoms with van der Waals surface area (Å²) in [7, 11) is 0. The van der Waals surface area contributed by atoms with E-state index in [0.29, 0.717) is 11.1 Å². The normalized spacial score (nSPS) is 9.86. The van der Waals surface area contributed by atoms with E-state index in [1.165, 1.54) is 6.92 Å². The zero-order valence-corrected chi connectivity index (χ0v) is 8.33. The quantitative estimate of drug-likeness (QED) is 0.737. The van der Waals surface area contributed by atoms with Gasteiger partial charge in [-0.2, -0.15) is 0 Å². The molecule has 0 saturated heterocycles. The highest BCUT2D eigenvalue weighted by Gasteiger charge is 2.11. The number of carbonyl (C=O) groups excluding carboxylic acids is 2. The van der Waals surface area contributed by atoms with Gasteiger partial charge in [0, 0.05) is 11.1 Å². The molecule has 0 aliphatic carbocycles. The monoisotopic (exact) mass is 191 g/mol. The molecule has 1 aromatic rings. The minimum atomic E-state index is -0.558. The summed E-state index contributed by atoms with van der Waals surface area (Å²) in [5.41, 5.74) is 6.90. The Hall–Kier alpha value is -1.64. The summed E-state index contributed by atoms with van der Waals surface area (Å²) in [6.07, 6.45) is 0.833. The van der Waals surface area contributed by atoms with Crippen LogP contribution in [0.3, 0.4) is 0 Å². The van der Waals surface area contributed by atoms with Crippen molar-refractivity contribution in [1.82, 2.24) is 0 Å². The van der Waals surface area contributed by atoms with E-state index in [2.05, 4.69) is 0 Å². The van der Waals surface area contributed by atoms with Crippen LogP contribution in [-0.4, -0.2) is 11.7 Å². The van der Waals surface area contributed by atoms with Crippen molar-refractivity contribution >= 4 is 11.7 Å². The van der Waals surface area contributed by atoms with Crippen molar-refractivity contribution in [3.05, 3.63) is 34.9 Å². The van der Waals surface area contributed by atoms with E-state index in [0.717, 1.165) is 12.0 Å². The molecule has 0 aliphatic heterocycles. The van der Waals surface area contributed by atoms with Crippen LogP contribution in [0.25, 0.3) is 0 Å². The van der Waals surface area contributed by atoms with Crippen LogP contribution in [0, 0.1) is 0 Å². The Balaban J connectivity index is 3.31. The molecule has 0 bridgehead atoms. The predicted molar refractivity (Wildman–Crippen MR) is 54.3 cm³/mol. The first-order valence-electron chi connectivity index (χ1n) is 4.50. The van der Waals surface area contributed by atoms with Gasteiger partial charge in [-0.05, 0) is 31.0 Å². The van der Waals surface area contributed by atoms with Gasteiger partial charge in [0.2, 0.25) is 5.91 Å². The van der Waals surface area contributed by atoms with Crippen LogP contribution in [0.1, 0.15) is 40.1 Å².